The van der Waals surface area contributed by atoms with Crippen molar-refractivity contribution in [1.29, 1.82) is 0 Å². The Morgan fingerprint density at radius 2 is 1.79 bits per heavy atom. The van der Waals surface area contributed by atoms with Crippen molar-refractivity contribution in [2.45, 2.75) is 26.9 Å². The maximum absolute atomic E-state index is 12.3. The minimum Gasteiger partial charge on any atom is -0.493 e. The summed E-state index contributed by atoms with van der Waals surface area (Å²) in [7, 11) is 1.47. The van der Waals surface area contributed by atoms with E-state index in [2.05, 4.69) is 5.32 Å². The highest BCUT2D eigenvalue weighted by atomic mass is 16.5. The zero-order chi connectivity index (χ0) is 20.7. The Balaban J connectivity index is 2.04. The van der Waals surface area contributed by atoms with Gasteiger partial charge in [-0.1, -0.05) is 12.1 Å². The van der Waals surface area contributed by atoms with E-state index in [0.29, 0.717) is 29.4 Å². The lowest BCUT2D eigenvalue weighted by Gasteiger charge is -2.15. The zero-order valence-corrected chi connectivity index (χ0v) is 16.3. The van der Waals surface area contributed by atoms with Crippen LogP contribution in [0.2, 0.25) is 0 Å². The lowest BCUT2D eigenvalue weighted by atomic mass is 10.1. The Hall–Kier alpha value is -3.35. The van der Waals surface area contributed by atoms with Gasteiger partial charge in [-0.2, -0.15) is 0 Å². The van der Waals surface area contributed by atoms with Crippen LogP contribution in [0, 0.1) is 0 Å². The second kappa shape index (κ2) is 9.55. The van der Waals surface area contributed by atoms with Gasteiger partial charge in [0.1, 0.15) is 0 Å². The predicted octanol–water partition coefficient (Wildman–Crippen LogP) is 3.48. The molecule has 0 aromatic heterocycles. The fourth-order valence-electron chi connectivity index (χ4n) is 2.41. The molecule has 2 aromatic rings. The number of methoxy groups -OCH3 is 1. The van der Waals surface area contributed by atoms with Gasteiger partial charge in [-0.15, -0.1) is 0 Å². The first-order valence-corrected chi connectivity index (χ1v) is 8.79. The molecule has 7 heteroatoms. The topological polar surface area (TPSA) is 90.9 Å². The quantitative estimate of drug-likeness (QED) is 0.553. The number of rotatable bonds is 8. The number of esters is 1. The molecule has 148 valence electrons. The highest BCUT2D eigenvalue weighted by Crippen LogP contribution is 2.28. The van der Waals surface area contributed by atoms with E-state index in [-0.39, 0.29) is 11.3 Å². The monoisotopic (exact) mass is 385 g/mol. The largest absolute Gasteiger partial charge is 0.493 e. The van der Waals surface area contributed by atoms with E-state index in [1.54, 1.807) is 30.3 Å². The number of ether oxygens (including phenoxy) is 3. The Morgan fingerprint density at radius 3 is 2.43 bits per heavy atom. The first kappa shape index (κ1) is 21.0. The third-order valence-corrected chi connectivity index (χ3v) is 3.89. The maximum Gasteiger partial charge on any atom is 0.339 e. The number of hydrogen-bond acceptors (Lipinski definition) is 6. The average Bonchev–Trinajstić information content (AvgIpc) is 2.68. The number of hydrogen-bond donors (Lipinski definition) is 1. The van der Waals surface area contributed by atoms with E-state index >= 15 is 0 Å². The summed E-state index contributed by atoms with van der Waals surface area (Å²) in [6.45, 7) is 5.21. The molecule has 2 rings (SSSR count). The molecule has 28 heavy (non-hydrogen) atoms. The van der Waals surface area contributed by atoms with Gasteiger partial charge in [0.15, 0.2) is 23.4 Å². The van der Waals surface area contributed by atoms with Gasteiger partial charge < -0.3 is 19.5 Å². The highest BCUT2D eigenvalue weighted by molar-refractivity contribution is 5.99. The molecule has 2 aromatic carbocycles. The van der Waals surface area contributed by atoms with Gasteiger partial charge in [-0.05, 0) is 51.1 Å². The number of Topliss-reactive ketones (excluding diaryl/α,β-unsaturated/α-hetero) is 1. The summed E-state index contributed by atoms with van der Waals surface area (Å²) in [6, 6.07) is 11.2. The van der Waals surface area contributed by atoms with Crippen molar-refractivity contribution in [3.05, 3.63) is 53.6 Å². The molecular formula is C21H23NO6. The normalized spacial score (nSPS) is 11.3. The number of amides is 1. The maximum atomic E-state index is 12.3. The SMILES string of the molecule is CCOc1ccc(C(=O)O[C@H](C)C(=O)Nc2cccc(C(C)=O)c2)cc1OC. The van der Waals surface area contributed by atoms with E-state index in [1.165, 1.54) is 33.1 Å². The molecule has 0 bridgehead atoms. The van der Waals surface area contributed by atoms with Crippen LogP contribution in [0.3, 0.4) is 0 Å². The van der Waals surface area contributed by atoms with E-state index in [9.17, 15) is 14.4 Å². The Bertz CT molecular complexity index is 877. The van der Waals surface area contributed by atoms with Crippen LogP contribution in [-0.2, 0) is 9.53 Å². The van der Waals surface area contributed by atoms with Crippen molar-refractivity contribution in [3.8, 4) is 11.5 Å². The molecule has 0 aliphatic carbocycles. The summed E-state index contributed by atoms with van der Waals surface area (Å²) in [5.74, 6) is -0.374. The van der Waals surface area contributed by atoms with Crippen molar-refractivity contribution < 1.29 is 28.6 Å². The second-order valence-electron chi connectivity index (χ2n) is 5.97. The molecule has 1 N–H and O–H groups in total. The summed E-state index contributed by atoms with van der Waals surface area (Å²) in [4.78, 5) is 36.1. The molecule has 0 unspecified atom stereocenters. The van der Waals surface area contributed by atoms with Crippen LogP contribution in [0.4, 0.5) is 5.69 Å². The molecule has 0 saturated heterocycles. The standard InChI is InChI=1S/C21H23NO6/c1-5-27-18-10-9-16(12-19(18)26-4)21(25)28-14(3)20(24)22-17-8-6-7-15(11-17)13(2)23/h6-12,14H,5H2,1-4H3,(H,22,24)/t14-/m1/s1. The summed E-state index contributed by atoms with van der Waals surface area (Å²) >= 11 is 0. The first-order valence-electron chi connectivity index (χ1n) is 8.79. The Labute approximate surface area is 163 Å². The van der Waals surface area contributed by atoms with Gasteiger partial charge in [0.05, 0.1) is 19.3 Å². The molecule has 0 aliphatic heterocycles. The third kappa shape index (κ3) is 5.33. The number of benzene rings is 2. The third-order valence-electron chi connectivity index (χ3n) is 3.89. The van der Waals surface area contributed by atoms with Gasteiger partial charge in [-0.25, -0.2) is 4.79 Å². The van der Waals surface area contributed by atoms with Gasteiger partial charge in [0.2, 0.25) is 0 Å². The van der Waals surface area contributed by atoms with Crippen LogP contribution in [0.1, 0.15) is 41.5 Å². The van der Waals surface area contributed by atoms with Crippen molar-refractivity contribution in [1.82, 2.24) is 0 Å². The lowest BCUT2D eigenvalue weighted by Crippen LogP contribution is -2.30. The van der Waals surface area contributed by atoms with Gasteiger partial charge in [0.25, 0.3) is 5.91 Å². The summed E-state index contributed by atoms with van der Waals surface area (Å²) in [5.41, 5.74) is 1.16. The van der Waals surface area contributed by atoms with E-state index in [1.807, 2.05) is 6.92 Å². The lowest BCUT2D eigenvalue weighted by molar-refractivity contribution is -0.123. The van der Waals surface area contributed by atoms with Gasteiger partial charge >= 0.3 is 5.97 Å². The molecule has 0 aliphatic rings. The molecule has 0 spiro atoms. The molecule has 0 fully saturated rings. The molecule has 0 heterocycles. The zero-order valence-electron chi connectivity index (χ0n) is 16.3. The summed E-state index contributed by atoms with van der Waals surface area (Å²) < 4.78 is 15.9. The fraction of sp³-hybridized carbons (Fsp3) is 0.286. The minimum absolute atomic E-state index is 0.111. The van der Waals surface area contributed by atoms with Crippen LogP contribution in [0.25, 0.3) is 0 Å². The number of anilines is 1. The van der Waals surface area contributed by atoms with Crippen molar-refractivity contribution in [2.75, 3.05) is 19.0 Å². The minimum atomic E-state index is -1.04. The van der Waals surface area contributed by atoms with Crippen molar-refractivity contribution >= 4 is 23.3 Å². The van der Waals surface area contributed by atoms with Crippen LogP contribution < -0.4 is 14.8 Å². The number of carbonyl (C=O) groups is 3. The molecule has 0 saturated carbocycles. The van der Waals surface area contributed by atoms with Gasteiger partial charge in [0, 0.05) is 11.3 Å². The van der Waals surface area contributed by atoms with Crippen LogP contribution in [0.15, 0.2) is 42.5 Å². The number of carbonyl (C=O) groups excluding carboxylic acids is 3. The Morgan fingerprint density at radius 1 is 1.04 bits per heavy atom. The first-order chi connectivity index (χ1) is 13.3. The molecule has 1 amide bonds. The van der Waals surface area contributed by atoms with Gasteiger partial charge in [-0.3, -0.25) is 9.59 Å². The number of nitrogens with one attached hydrogen (secondary N) is 1. The van der Waals surface area contributed by atoms with E-state index in [4.69, 9.17) is 14.2 Å². The predicted molar refractivity (Wildman–Crippen MR) is 104 cm³/mol. The molecular weight excluding hydrogens is 362 g/mol. The second-order valence-corrected chi connectivity index (χ2v) is 5.97. The Kier molecular flexibility index (Phi) is 7.14. The molecule has 1 atom stereocenters. The van der Waals surface area contributed by atoms with Crippen molar-refractivity contribution in [2.24, 2.45) is 0 Å². The van der Waals surface area contributed by atoms with Crippen LogP contribution in [0.5, 0.6) is 11.5 Å². The van der Waals surface area contributed by atoms with E-state index < -0.39 is 18.0 Å². The average molecular weight is 385 g/mol. The van der Waals surface area contributed by atoms with Crippen molar-refractivity contribution in [3.63, 3.8) is 0 Å². The highest BCUT2D eigenvalue weighted by Gasteiger charge is 2.20. The fourth-order valence-corrected chi connectivity index (χ4v) is 2.41. The van der Waals surface area contributed by atoms with E-state index in [0.717, 1.165) is 0 Å². The van der Waals surface area contributed by atoms with Crippen LogP contribution in [-0.4, -0.2) is 37.5 Å². The smallest absolute Gasteiger partial charge is 0.339 e. The molecule has 7 nitrogen and oxygen atoms in total. The molecule has 0 radical (unpaired) electrons. The summed E-state index contributed by atoms with van der Waals surface area (Å²) in [6.07, 6.45) is -1.04. The number of ketones is 1. The summed E-state index contributed by atoms with van der Waals surface area (Å²) in [5, 5.41) is 2.63. The van der Waals surface area contributed by atoms with Crippen LogP contribution >= 0.6 is 0 Å².